The number of nitrogens with one attached hydrogen (secondary N) is 1. The number of hydrogen-bond acceptors (Lipinski definition) is 3. The van der Waals surface area contributed by atoms with Crippen molar-refractivity contribution in [1.29, 1.82) is 0 Å². The van der Waals surface area contributed by atoms with Crippen molar-refractivity contribution >= 4 is 17.2 Å². The van der Waals surface area contributed by atoms with Crippen molar-refractivity contribution in [3.63, 3.8) is 0 Å². The summed E-state index contributed by atoms with van der Waals surface area (Å²) in [5.74, 6) is 1.77. The van der Waals surface area contributed by atoms with E-state index in [1.807, 2.05) is 28.9 Å². The molecular weight excluding hydrogens is 344 g/mol. The molecule has 0 amide bonds. The van der Waals surface area contributed by atoms with Gasteiger partial charge in [-0.2, -0.15) is 9.61 Å². The molecule has 0 fully saturated rings. The molecule has 2 aromatic carbocycles. The minimum Gasteiger partial charge on any atom is -0.340 e. The first kappa shape index (κ1) is 18.2. The zero-order valence-electron chi connectivity index (χ0n) is 16.8. The molecule has 0 atom stereocenters. The highest BCUT2D eigenvalue weighted by atomic mass is 15.3. The molecule has 0 bridgehead atoms. The summed E-state index contributed by atoms with van der Waals surface area (Å²) in [6, 6.07) is 21.0. The van der Waals surface area contributed by atoms with Crippen LogP contribution >= 0.6 is 0 Å². The van der Waals surface area contributed by atoms with E-state index in [4.69, 9.17) is 4.98 Å². The third kappa shape index (κ3) is 3.50. The zero-order valence-corrected chi connectivity index (χ0v) is 16.8. The second kappa shape index (κ2) is 7.47. The Hall–Kier alpha value is -3.14. The minimum absolute atomic E-state index is 0.326. The van der Waals surface area contributed by atoms with E-state index in [-0.39, 0.29) is 0 Å². The van der Waals surface area contributed by atoms with E-state index in [9.17, 15) is 0 Å². The van der Waals surface area contributed by atoms with Gasteiger partial charge in [-0.15, -0.1) is 0 Å². The number of rotatable bonds is 5. The van der Waals surface area contributed by atoms with Gasteiger partial charge in [0.1, 0.15) is 5.82 Å². The van der Waals surface area contributed by atoms with Crippen LogP contribution in [0.25, 0.3) is 16.8 Å². The highest BCUT2D eigenvalue weighted by Gasteiger charge is 2.14. The zero-order chi connectivity index (χ0) is 19.7. The SMILES string of the molecule is CC(C)c1ccc(Nc2cc(C(C)C)nc3c(-c4ccccc4)cnn23)cc1. The quantitative estimate of drug-likeness (QED) is 0.443. The van der Waals surface area contributed by atoms with E-state index in [2.05, 4.69) is 80.6 Å². The van der Waals surface area contributed by atoms with Gasteiger partial charge in [0.25, 0.3) is 0 Å². The van der Waals surface area contributed by atoms with Gasteiger partial charge in [0.05, 0.1) is 6.20 Å². The summed E-state index contributed by atoms with van der Waals surface area (Å²) in [7, 11) is 0. The summed E-state index contributed by atoms with van der Waals surface area (Å²) in [5.41, 5.74) is 6.46. The molecule has 4 rings (SSSR count). The van der Waals surface area contributed by atoms with Gasteiger partial charge >= 0.3 is 0 Å². The van der Waals surface area contributed by atoms with Crippen molar-refractivity contribution in [3.05, 3.63) is 78.1 Å². The highest BCUT2D eigenvalue weighted by molar-refractivity contribution is 5.78. The van der Waals surface area contributed by atoms with Crippen molar-refractivity contribution < 1.29 is 0 Å². The number of benzene rings is 2. The smallest absolute Gasteiger partial charge is 0.165 e. The maximum Gasteiger partial charge on any atom is 0.165 e. The molecule has 0 radical (unpaired) electrons. The van der Waals surface area contributed by atoms with Crippen molar-refractivity contribution in [2.45, 2.75) is 39.5 Å². The predicted molar refractivity (Wildman–Crippen MR) is 116 cm³/mol. The van der Waals surface area contributed by atoms with Crippen LogP contribution < -0.4 is 5.32 Å². The summed E-state index contributed by atoms with van der Waals surface area (Å²) in [6.45, 7) is 8.74. The summed E-state index contributed by atoms with van der Waals surface area (Å²) < 4.78 is 1.89. The number of anilines is 2. The topological polar surface area (TPSA) is 42.2 Å². The van der Waals surface area contributed by atoms with Crippen LogP contribution in [0.2, 0.25) is 0 Å². The molecule has 2 heterocycles. The van der Waals surface area contributed by atoms with Crippen molar-refractivity contribution in [2.75, 3.05) is 5.32 Å². The summed E-state index contributed by atoms with van der Waals surface area (Å²) in [6.07, 6.45) is 1.90. The average molecular weight is 370 g/mol. The van der Waals surface area contributed by atoms with Gasteiger partial charge in [-0.25, -0.2) is 4.98 Å². The standard InChI is InChI=1S/C24H26N4/c1-16(2)18-10-12-20(13-11-18)26-23-14-22(17(3)4)27-24-21(15-25-28(23)24)19-8-6-5-7-9-19/h5-17,26H,1-4H3. The Kier molecular flexibility index (Phi) is 4.86. The molecular formula is C24H26N4. The van der Waals surface area contributed by atoms with Crippen molar-refractivity contribution in [1.82, 2.24) is 14.6 Å². The van der Waals surface area contributed by atoms with Crippen LogP contribution in [0.5, 0.6) is 0 Å². The molecule has 1 N–H and O–H groups in total. The Morgan fingerprint density at radius 1 is 0.857 bits per heavy atom. The van der Waals surface area contributed by atoms with Gasteiger partial charge in [-0.05, 0) is 35.1 Å². The molecule has 0 unspecified atom stereocenters. The number of fused-ring (bicyclic) bond motifs is 1. The van der Waals surface area contributed by atoms with Crippen LogP contribution in [0.1, 0.15) is 50.8 Å². The van der Waals surface area contributed by atoms with E-state index in [0.29, 0.717) is 11.8 Å². The highest BCUT2D eigenvalue weighted by Crippen LogP contribution is 2.29. The molecule has 2 aromatic heterocycles. The Morgan fingerprint density at radius 3 is 2.21 bits per heavy atom. The number of hydrogen-bond donors (Lipinski definition) is 1. The first-order valence-corrected chi connectivity index (χ1v) is 9.84. The lowest BCUT2D eigenvalue weighted by Gasteiger charge is -2.13. The van der Waals surface area contributed by atoms with Gasteiger partial charge in [-0.1, -0.05) is 70.2 Å². The number of nitrogens with zero attached hydrogens (tertiary/aromatic N) is 3. The van der Waals surface area contributed by atoms with Gasteiger partial charge in [0.15, 0.2) is 5.65 Å². The van der Waals surface area contributed by atoms with Crippen LogP contribution in [-0.4, -0.2) is 14.6 Å². The van der Waals surface area contributed by atoms with Gasteiger partial charge in [0, 0.05) is 23.0 Å². The summed E-state index contributed by atoms with van der Waals surface area (Å²) >= 11 is 0. The first-order chi connectivity index (χ1) is 13.5. The molecule has 0 saturated heterocycles. The monoisotopic (exact) mass is 370 g/mol. The summed E-state index contributed by atoms with van der Waals surface area (Å²) in [4.78, 5) is 4.91. The van der Waals surface area contributed by atoms with Crippen LogP contribution in [0.15, 0.2) is 66.9 Å². The molecule has 0 aliphatic heterocycles. The van der Waals surface area contributed by atoms with Crippen molar-refractivity contribution in [2.24, 2.45) is 0 Å². The maximum atomic E-state index is 4.91. The Labute approximate surface area is 166 Å². The predicted octanol–water partition coefficient (Wildman–Crippen LogP) is 6.39. The fourth-order valence-corrected chi connectivity index (χ4v) is 3.29. The van der Waals surface area contributed by atoms with E-state index in [1.54, 1.807) is 0 Å². The van der Waals surface area contributed by atoms with Crippen molar-refractivity contribution in [3.8, 4) is 11.1 Å². The van der Waals surface area contributed by atoms with Crippen LogP contribution in [0, 0.1) is 0 Å². The Morgan fingerprint density at radius 2 is 1.57 bits per heavy atom. The van der Waals surface area contributed by atoms with Crippen LogP contribution in [0.3, 0.4) is 0 Å². The average Bonchev–Trinajstić information content (AvgIpc) is 3.13. The lowest BCUT2D eigenvalue weighted by atomic mass is 10.0. The molecule has 28 heavy (non-hydrogen) atoms. The molecule has 0 spiro atoms. The fourth-order valence-electron chi connectivity index (χ4n) is 3.29. The molecule has 0 aliphatic carbocycles. The Balaban J connectivity index is 1.80. The summed E-state index contributed by atoms with van der Waals surface area (Å²) in [5, 5.41) is 8.16. The fraction of sp³-hybridized carbons (Fsp3) is 0.250. The molecule has 0 aliphatic rings. The third-order valence-electron chi connectivity index (χ3n) is 5.02. The Bertz CT molecular complexity index is 1080. The lowest BCUT2D eigenvalue weighted by Crippen LogP contribution is -2.05. The van der Waals surface area contributed by atoms with Gasteiger partial charge in [-0.3, -0.25) is 0 Å². The second-order valence-electron chi connectivity index (χ2n) is 7.78. The first-order valence-electron chi connectivity index (χ1n) is 9.84. The normalized spacial score (nSPS) is 11.5. The largest absolute Gasteiger partial charge is 0.340 e. The minimum atomic E-state index is 0.326. The van der Waals surface area contributed by atoms with Gasteiger partial charge in [0.2, 0.25) is 0 Å². The molecule has 4 aromatic rings. The van der Waals surface area contributed by atoms with Crippen LogP contribution in [-0.2, 0) is 0 Å². The van der Waals surface area contributed by atoms with E-state index < -0.39 is 0 Å². The van der Waals surface area contributed by atoms with Crippen LogP contribution in [0.4, 0.5) is 11.5 Å². The van der Waals surface area contributed by atoms with E-state index >= 15 is 0 Å². The molecule has 4 nitrogen and oxygen atoms in total. The maximum absolute atomic E-state index is 4.91. The van der Waals surface area contributed by atoms with E-state index in [0.717, 1.165) is 34.0 Å². The molecule has 142 valence electrons. The lowest BCUT2D eigenvalue weighted by molar-refractivity contribution is 0.811. The van der Waals surface area contributed by atoms with Gasteiger partial charge < -0.3 is 5.32 Å². The molecule has 0 saturated carbocycles. The third-order valence-corrected chi connectivity index (χ3v) is 5.02. The molecule has 4 heteroatoms. The number of aromatic nitrogens is 3. The van der Waals surface area contributed by atoms with E-state index in [1.165, 1.54) is 5.56 Å². The second-order valence-corrected chi connectivity index (χ2v) is 7.78.